The summed E-state index contributed by atoms with van der Waals surface area (Å²) in [6.07, 6.45) is 0. The van der Waals surface area contributed by atoms with Crippen LogP contribution in [-0.2, 0) is 0 Å². The van der Waals surface area contributed by atoms with Crippen molar-refractivity contribution in [3.8, 4) is 11.3 Å². The summed E-state index contributed by atoms with van der Waals surface area (Å²) < 4.78 is 0. The average molecular weight is 260 g/mol. The van der Waals surface area contributed by atoms with E-state index in [1.165, 1.54) is 0 Å². The van der Waals surface area contributed by atoms with Gasteiger partial charge in [-0.1, -0.05) is 48.0 Å². The van der Waals surface area contributed by atoms with Gasteiger partial charge < -0.3 is 4.98 Å². The number of para-hydroxylation sites is 1. The zero-order chi connectivity index (χ0) is 11.8. The molecule has 0 unspecified atom stereocenters. The molecule has 1 heterocycles. The number of hydrogen-bond acceptors (Lipinski definition) is 1. The molecule has 3 rings (SSSR count). The van der Waals surface area contributed by atoms with Crippen LogP contribution in [-0.4, -0.2) is 4.98 Å². The van der Waals surface area contributed by atoms with E-state index in [1.807, 2.05) is 42.5 Å². The summed E-state index contributed by atoms with van der Waals surface area (Å²) in [6, 6.07) is 15.9. The molecule has 1 aromatic heterocycles. The largest absolute Gasteiger partial charge is 0.354 e. The molecule has 0 fully saturated rings. The summed E-state index contributed by atoms with van der Waals surface area (Å²) in [5, 5.41) is 1.85. The zero-order valence-corrected chi connectivity index (χ0v) is 10.6. The number of fused-ring (bicyclic) bond motifs is 1. The quantitative estimate of drug-likeness (QED) is 0.585. The molecule has 0 radical (unpaired) electrons. The normalized spacial score (nSPS) is 10.9. The molecule has 0 spiro atoms. The van der Waals surface area contributed by atoms with Gasteiger partial charge in [0.2, 0.25) is 0 Å². The number of H-pyrrole nitrogens is 1. The van der Waals surface area contributed by atoms with Crippen molar-refractivity contribution in [1.29, 1.82) is 0 Å². The molecule has 0 amide bonds. The minimum atomic E-state index is 0.731. The van der Waals surface area contributed by atoms with E-state index >= 15 is 0 Å². The highest BCUT2D eigenvalue weighted by Crippen LogP contribution is 2.36. The maximum absolute atomic E-state index is 6.20. The molecule has 0 atom stereocenters. The molecule has 0 saturated heterocycles. The first-order valence-electron chi connectivity index (χ1n) is 5.32. The minimum absolute atomic E-state index is 0.731. The number of thiol groups is 1. The van der Waals surface area contributed by atoms with Crippen molar-refractivity contribution in [1.82, 2.24) is 4.98 Å². The van der Waals surface area contributed by atoms with Gasteiger partial charge >= 0.3 is 0 Å². The van der Waals surface area contributed by atoms with Crippen LogP contribution >= 0.6 is 24.2 Å². The number of hydrogen-bond donors (Lipinski definition) is 2. The first-order chi connectivity index (χ1) is 8.27. The van der Waals surface area contributed by atoms with Crippen LogP contribution in [0.3, 0.4) is 0 Å². The van der Waals surface area contributed by atoms with Crippen molar-refractivity contribution in [3.05, 3.63) is 53.6 Å². The van der Waals surface area contributed by atoms with Crippen LogP contribution in [0.2, 0.25) is 5.02 Å². The standard InChI is InChI=1S/C14H10ClNS/c15-11-7-3-1-5-9(11)13-14(17)10-6-2-4-8-12(10)16-13/h1-8,16-17H. The van der Waals surface area contributed by atoms with Gasteiger partial charge in [-0.3, -0.25) is 0 Å². The van der Waals surface area contributed by atoms with Crippen molar-refractivity contribution in [2.45, 2.75) is 4.90 Å². The van der Waals surface area contributed by atoms with E-state index in [9.17, 15) is 0 Å². The molecular formula is C14H10ClNS. The Kier molecular flexibility index (Phi) is 2.61. The fourth-order valence-electron chi connectivity index (χ4n) is 1.99. The highest BCUT2D eigenvalue weighted by molar-refractivity contribution is 7.80. The lowest BCUT2D eigenvalue weighted by Gasteiger charge is -2.02. The van der Waals surface area contributed by atoms with E-state index in [0.717, 1.165) is 32.1 Å². The maximum atomic E-state index is 6.20. The van der Waals surface area contributed by atoms with Gasteiger partial charge in [-0.05, 0) is 12.1 Å². The van der Waals surface area contributed by atoms with Crippen LogP contribution in [0.25, 0.3) is 22.2 Å². The van der Waals surface area contributed by atoms with Crippen LogP contribution in [0.5, 0.6) is 0 Å². The summed E-state index contributed by atoms with van der Waals surface area (Å²) in [5.41, 5.74) is 3.03. The molecule has 0 aliphatic rings. The second-order valence-electron chi connectivity index (χ2n) is 3.87. The van der Waals surface area contributed by atoms with E-state index < -0.39 is 0 Å². The van der Waals surface area contributed by atoms with Gasteiger partial charge in [-0.15, -0.1) is 12.6 Å². The van der Waals surface area contributed by atoms with E-state index in [4.69, 9.17) is 11.6 Å². The van der Waals surface area contributed by atoms with E-state index in [0.29, 0.717) is 0 Å². The fraction of sp³-hybridized carbons (Fsp3) is 0. The third-order valence-corrected chi connectivity index (χ3v) is 3.62. The van der Waals surface area contributed by atoms with Gasteiger partial charge in [-0.2, -0.15) is 0 Å². The third kappa shape index (κ3) is 1.74. The fourth-order valence-corrected chi connectivity index (χ4v) is 2.59. The number of aromatic nitrogens is 1. The molecule has 0 aliphatic carbocycles. The van der Waals surface area contributed by atoms with Gasteiger partial charge in [0.15, 0.2) is 0 Å². The Hall–Kier alpha value is -1.38. The summed E-state index contributed by atoms with van der Waals surface area (Å²) in [5.74, 6) is 0. The van der Waals surface area contributed by atoms with Crippen molar-refractivity contribution >= 4 is 35.1 Å². The van der Waals surface area contributed by atoms with Crippen molar-refractivity contribution < 1.29 is 0 Å². The molecule has 0 saturated carbocycles. The summed E-state index contributed by atoms with van der Waals surface area (Å²) in [4.78, 5) is 4.30. The highest BCUT2D eigenvalue weighted by Gasteiger charge is 2.11. The van der Waals surface area contributed by atoms with Crippen LogP contribution in [0.4, 0.5) is 0 Å². The molecule has 2 aromatic carbocycles. The van der Waals surface area contributed by atoms with Gasteiger partial charge in [0, 0.05) is 26.4 Å². The highest BCUT2D eigenvalue weighted by atomic mass is 35.5. The van der Waals surface area contributed by atoms with Crippen LogP contribution in [0, 0.1) is 0 Å². The first kappa shape index (κ1) is 10.8. The summed E-state index contributed by atoms with van der Waals surface area (Å²) in [6.45, 7) is 0. The van der Waals surface area contributed by atoms with E-state index in [1.54, 1.807) is 0 Å². The zero-order valence-electron chi connectivity index (χ0n) is 8.94. The predicted octanol–water partition coefficient (Wildman–Crippen LogP) is 4.78. The molecule has 17 heavy (non-hydrogen) atoms. The van der Waals surface area contributed by atoms with Crippen LogP contribution in [0.1, 0.15) is 0 Å². The Balaban J connectivity index is 2.32. The lowest BCUT2D eigenvalue weighted by atomic mass is 10.1. The van der Waals surface area contributed by atoms with Crippen LogP contribution in [0.15, 0.2) is 53.4 Å². The minimum Gasteiger partial charge on any atom is -0.354 e. The maximum Gasteiger partial charge on any atom is 0.0615 e. The number of halogens is 1. The Labute approximate surface area is 110 Å². The lowest BCUT2D eigenvalue weighted by molar-refractivity contribution is 1.40. The van der Waals surface area contributed by atoms with Gasteiger partial charge in [-0.25, -0.2) is 0 Å². The van der Waals surface area contributed by atoms with E-state index in [2.05, 4.69) is 23.7 Å². The Morgan fingerprint density at radius 2 is 1.65 bits per heavy atom. The van der Waals surface area contributed by atoms with Gasteiger partial charge in [0.1, 0.15) is 0 Å². The summed E-state index contributed by atoms with van der Waals surface area (Å²) in [7, 11) is 0. The monoisotopic (exact) mass is 259 g/mol. The molecular weight excluding hydrogens is 250 g/mol. The third-order valence-electron chi connectivity index (χ3n) is 2.82. The van der Waals surface area contributed by atoms with Crippen molar-refractivity contribution in [2.24, 2.45) is 0 Å². The SMILES string of the molecule is Sc1c(-c2ccccc2Cl)[nH]c2ccccc12. The molecule has 0 aliphatic heterocycles. The average Bonchev–Trinajstić information content (AvgIpc) is 2.68. The van der Waals surface area contributed by atoms with Gasteiger partial charge in [0.05, 0.1) is 5.69 Å². The summed E-state index contributed by atoms with van der Waals surface area (Å²) >= 11 is 10.8. The Morgan fingerprint density at radius 3 is 2.41 bits per heavy atom. The first-order valence-corrected chi connectivity index (χ1v) is 6.14. The number of aromatic amines is 1. The number of rotatable bonds is 1. The molecule has 0 bridgehead atoms. The topological polar surface area (TPSA) is 15.8 Å². The molecule has 3 heteroatoms. The van der Waals surface area contributed by atoms with Crippen LogP contribution < -0.4 is 0 Å². The van der Waals surface area contributed by atoms with Crippen molar-refractivity contribution in [3.63, 3.8) is 0 Å². The molecule has 3 aromatic rings. The van der Waals surface area contributed by atoms with Crippen molar-refractivity contribution in [2.75, 3.05) is 0 Å². The number of nitrogens with one attached hydrogen (secondary N) is 1. The molecule has 84 valence electrons. The molecule has 1 N–H and O–H groups in total. The second kappa shape index (κ2) is 4.13. The Morgan fingerprint density at radius 1 is 0.941 bits per heavy atom. The lowest BCUT2D eigenvalue weighted by Crippen LogP contribution is -1.79. The van der Waals surface area contributed by atoms with Gasteiger partial charge in [0.25, 0.3) is 0 Å². The molecule has 1 nitrogen and oxygen atoms in total. The predicted molar refractivity (Wildman–Crippen MR) is 76.0 cm³/mol. The smallest absolute Gasteiger partial charge is 0.0615 e. The second-order valence-corrected chi connectivity index (χ2v) is 4.73. The Bertz CT molecular complexity index is 688. The van der Waals surface area contributed by atoms with E-state index in [-0.39, 0.29) is 0 Å². The number of benzene rings is 2.